The summed E-state index contributed by atoms with van der Waals surface area (Å²) in [7, 11) is 3.45. The number of fused-ring (bicyclic) bond motifs is 1. The van der Waals surface area contributed by atoms with Crippen LogP contribution in [0.25, 0.3) is 10.9 Å². The van der Waals surface area contributed by atoms with Crippen LogP contribution in [-0.4, -0.2) is 41.9 Å². The number of aliphatic hydroxyl groups is 1. The van der Waals surface area contributed by atoms with Crippen LogP contribution in [0.15, 0.2) is 48.5 Å². The molecule has 6 nitrogen and oxygen atoms in total. The summed E-state index contributed by atoms with van der Waals surface area (Å²) in [6, 6.07) is 15.0. The number of nitrogens with one attached hydrogen (secondary N) is 1. The Hall–Kier alpha value is -2.99. The van der Waals surface area contributed by atoms with Crippen molar-refractivity contribution in [3.8, 4) is 11.5 Å². The quantitative estimate of drug-likeness (QED) is 0.673. The molecule has 2 aromatic carbocycles. The van der Waals surface area contributed by atoms with Crippen LogP contribution in [0, 0.1) is 6.92 Å². The highest BCUT2D eigenvalue weighted by Gasteiger charge is 2.15. The summed E-state index contributed by atoms with van der Waals surface area (Å²) in [6.07, 6.45) is -0.812. The zero-order chi connectivity index (χ0) is 19.4. The standard InChI is InChI=1S/C21H24N2O4/c1-14-4-9-19-15(10-14)11-20(23(19)2)21(25)22-12-16(24)13-27-18-7-5-17(26-3)6-8-18/h4-11,16,24H,12-13H2,1-3H3,(H,22,25)/t16-/m1/s1. The SMILES string of the molecule is COc1ccc(OC[C@H](O)CNC(=O)c2cc3cc(C)ccc3n2C)cc1. The highest BCUT2D eigenvalue weighted by molar-refractivity contribution is 5.98. The van der Waals surface area contributed by atoms with Gasteiger partial charge in [0.05, 0.1) is 7.11 Å². The minimum Gasteiger partial charge on any atom is -0.497 e. The van der Waals surface area contributed by atoms with Gasteiger partial charge in [-0.15, -0.1) is 0 Å². The lowest BCUT2D eigenvalue weighted by Crippen LogP contribution is -2.36. The first kappa shape index (κ1) is 18.8. The first-order valence-electron chi connectivity index (χ1n) is 8.77. The highest BCUT2D eigenvalue weighted by Crippen LogP contribution is 2.20. The lowest BCUT2D eigenvalue weighted by molar-refractivity contribution is 0.0837. The minimum atomic E-state index is -0.812. The van der Waals surface area contributed by atoms with Gasteiger partial charge in [0.1, 0.15) is 29.9 Å². The maximum atomic E-state index is 12.5. The van der Waals surface area contributed by atoms with Gasteiger partial charge in [0.25, 0.3) is 5.91 Å². The molecule has 0 aliphatic carbocycles. The summed E-state index contributed by atoms with van der Waals surface area (Å²) in [6.45, 7) is 2.21. The van der Waals surface area contributed by atoms with E-state index in [1.165, 1.54) is 0 Å². The Morgan fingerprint density at radius 3 is 2.56 bits per heavy atom. The van der Waals surface area contributed by atoms with Crippen LogP contribution in [0.3, 0.4) is 0 Å². The van der Waals surface area contributed by atoms with Crippen molar-refractivity contribution in [1.29, 1.82) is 0 Å². The molecule has 0 aliphatic rings. The summed E-state index contributed by atoms with van der Waals surface area (Å²) in [5.74, 6) is 1.14. The van der Waals surface area contributed by atoms with E-state index in [0.717, 1.165) is 22.2 Å². The van der Waals surface area contributed by atoms with Crippen molar-refractivity contribution >= 4 is 16.8 Å². The van der Waals surface area contributed by atoms with Crippen molar-refractivity contribution < 1.29 is 19.4 Å². The second-order valence-electron chi connectivity index (χ2n) is 6.50. The molecular weight excluding hydrogens is 344 g/mol. The lowest BCUT2D eigenvalue weighted by atomic mass is 10.2. The van der Waals surface area contributed by atoms with E-state index in [0.29, 0.717) is 11.4 Å². The number of aromatic nitrogens is 1. The van der Waals surface area contributed by atoms with E-state index in [9.17, 15) is 9.90 Å². The number of amides is 1. The molecular formula is C21H24N2O4. The summed E-state index contributed by atoms with van der Waals surface area (Å²) >= 11 is 0. The van der Waals surface area contributed by atoms with Crippen LogP contribution >= 0.6 is 0 Å². The van der Waals surface area contributed by atoms with E-state index < -0.39 is 6.10 Å². The lowest BCUT2D eigenvalue weighted by Gasteiger charge is -2.14. The largest absolute Gasteiger partial charge is 0.497 e. The Balaban J connectivity index is 1.54. The highest BCUT2D eigenvalue weighted by atomic mass is 16.5. The molecule has 0 spiro atoms. The topological polar surface area (TPSA) is 72.7 Å². The predicted octanol–water partition coefficient (Wildman–Crippen LogP) is 2.67. The minimum absolute atomic E-state index is 0.0842. The molecule has 0 radical (unpaired) electrons. The van der Waals surface area contributed by atoms with Gasteiger partial charge in [-0.3, -0.25) is 4.79 Å². The third kappa shape index (κ3) is 4.41. The van der Waals surface area contributed by atoms with Crippen molar-refractivity contribution in [3.63, 3.8) is 0 Å². The fourth-order valence-corrected chi connectivity index (χ4v) is 2.91. The van der Waals surface area contributed by atoms with Gasteiger partial charge in [0, 0.05) is 24.5 Å². The van der Waals surface area contributed by atoms with Crippen molar-refractivity contribution in [3.05, 3.63) is 59.8 Å². The maximum Gasteiger partial charge on any atom is 0.268 e. The first-order valence-corrected chi connectivity index (χ1v) is 8.77. The molecule has 0 saturated heterocycles. The number of hydrogen-bond acceptors (Lipinski definition) is 4. The van der Waals surface area contributed by atoms with Crippen molar-refractivity contribution in [2.75, 3.05) is 20.3 Å². The zero-order valence-corrected chi connectivity index (χ0v) is 15.7. The van der Waals surface area contributed by atoms with E-state index in [1.807, 2.05) is 42.8 Å². The van der Waals surface area contributed by atoms with Gasteiger partial charge in [-0.05, 0) is 49.4 Å². The van der Waals surface area contributed by atoms with Crippen LogP contribution in [0.2, 0.25) is 0 Å². The van der Waals surface area contributed by atoms with Crippen LogP contribution in [0.1, 0.15) is 16.1 Å². The molecule has 1 aromatic heterocycles. The van der Waals surface area contributed by atoms with Crippen LogP contribution in [0.5, 0.6) is 11.5 Å². The number of rotatable bonds is 7. The third-order valence-corrected chi connectivity index (χ3v) is 4.43. The number of nitrogens with zero attached hydrogens (tertiary/aromatic N) is 1. The van der Waals surface area contributed by atoms with Gasteiger partial charge >= 0.3 is 0 Å². The second kappa shape index (κ2) is 8.14. The molecule has 27 heavy (non-hydrogen) atoms. The molecule has 0 aliphatic heterocycles. The van der Waals surface area contributed by atoms with Gasteiger partial charge < -0.3 is 24.5 Å². The van der Waals surface area contributed by atoms with E-state index in [2.05, 4.69) is 5.32 Å². The molecule has 3 rings (SSSR count). The molecule has 0 bridgehead atoms. The van der Waals surface area contributed by atoms with Gasteiger partial charge in [-0.1, -0.05) is 11.6 Å². The van der Waals surface area contributed by atoms with Gasteiger partial charge in [0.2, 0.25) is 0 Å². The number of aryl methyl sites for hydroxylation is 2. The number of carbonyl (C=O) groups is 1. The van der Waals surface area contributed by atoms with Crippen LogP contribution < -0.4 is 14.8 Å². The number of ether oxygens (including phenoxy) is 2. The second-order valence-corrected chi connectivity index (χ2v) is 6.50. The molecule has 1 amide bonds. The molecule has 1 heterocycles. The van der Waals surface area contributed by atoms with E-state index in [1.54, 1.807) is 31.4 Å². The van der Waals surface area contributed by atoms with E-state index >= 15 is 0 Å². The molecule has 1 atom stereocenters. The number of carbonyl (C=O) groups excluding carboxylic acids is 1. The van der Waals surface area contributed by atoms with Gasteiger partial charge in [0.15, 0.2) is 0 Å². The van der Waals surface area contributed by atoms with Crippen LogP contribution in [-0.2, 0) is 7.05 Å². The number of benzene rings is 2. The Morgan fingerprint density at radius 1 is 1.15 bits per heavy atom. The van der Waals surface area contributed by atoms with Crippen LogP contribution in [0.4, 0.5) is 0 Å². The van der Waals surface area contributed by atoms with Crippen molar-refractivity contribution in [2.24, 2.45) is 7.05 Å². The third-order valence-electron chi connectivity index (χ3n) is 4.43. The summed E-state index contributed by atoms with van der Waals surface area (Å²) in [5, 5.41) is 13.9. The Labute approximate surface area is 158 Å². The smallest absolute Gasteiger partial charge is 0.268 e. The molecule has 142 valence electrons. The van der Waals surface area contributed by atoms with E-state index in [-0.39, 0.29) is 19.1 Å². The normalized spacial score (nSPS) is 12.0. The van der Waals surface area contributed by atoms with Crippen molar-refractivity contribution in [2.45, 2.75) is 13.0 Å². The Bertz CT molecular complexity index is 931. The molecule has 0 fully saturated rings. The molecule has 0 unspecified atom stereocenters. The number of aliphatic hydroxyl groups excluding tert-OH is 1. The summed E-state index contributed by atoms with van der Waals surface area (Å²) in [5.41, 5.74) is 2.69. The van der Waals surface area contributed by atoms with Gasteiger partial charge in [-0.2, -0.15) is 0 Å². The predicted molar refractivity (Wildman–Crippen MR) is 104 cm³/mol. The average molecular weight is 368 g/mol. The Kier molecular flexibility index (Phi) is 5.66. The maximum absolute atomic E-state index is 12.5. The summed E-state index contributed by atoms with van der Waals surface area (Å²) in [4.78, 5) is 12.5. The fraction of sp³-hybridized carbons (Fsp3) is 0.286. The molecule has 3 aromatic rings. The fourth-order valence-electron chi connectivity index (χ4n) is 2.91. The monoisotopic (exact) mass is 368 g/mol. The molecule has 2 N–H and O–H groups in total. The number of hydrogen-bond donors (Lipinski definition) is 2. The van der Waals surface area contributed by atoms with E-state index in [4.69, 9.17) is 9.47 Å². The van der Waals surface area contributed by atoms with Gasteiger partial charge in [-0.25, -0.2) is 0 Å². The number of methoxy groups -OCH3 is 1. The zero-order valence-electron chi connectivity index (χ0n) is 15.7. The Morgan fingerprint density at radius 2 is 1.85 bits per heavy atom. The molecule has 6 heteroatoms. The molecule has 0 saturated carbocycles. The summed E-state index contributed by atoms with van der Waals surface area (Å²) < 4.78 is 12.5. The average Bonchev–Trinajstić information content (AvgIpc) is 3.00. The first-order chi connectivity index (χ1) is 13.0. The van der Waals surface area contributed by atoms with Crippen molar-refractivity contribution in [1.82, 2.24) is 9.88 Å².